The highest BCUT2D eigenvalue weighted by molar-refractivity contribution is 6.31. The highest BCUT2D eigenvalue weighted by Crippen LogP contribution is 2.34. The fourth-order valence-corrected chi connectivity index (χ4v) is 3.16. The number of pyridine rings is 1. The Balaban J connectivity index is 2.21. The van der Waals surface area contributed by atoms with Crippen LogP contribution in [0.25, 0.3) is 16.8 Å². The number of carboxylic acid groups (broad SMARTS) is 1. The van der Waals surface area contributed by atoms with Crippen LogP contribution in [0, 0.1) is 16.7 Å². The second-order valence-corrected chi connectivity index (χ2v) is 7.18. The molecule has 0 amide bonds. The summed E-state index contributed by atoms with van der Waals surface area (Å²) in [6, 6.07) is 7.96. The van der Waals surface area contributed by atoms with Crippen molar-refractivity contribution in [2.45, 2.75) is 6.92 Å². The minimum atomic E-state index is -1.24. The van der Waals surface area contributed by atoms with Crippen LogP contribution in [-0.2, 0) is 9.53 Å². The molecule has 1 fully saturated rings. The third-order valence-corrected chi connectivity index (χ3v) is 4.69. The number of aliphatic carboxylic acids is 1. The van der Waals surface area contributed by atoms with Gasteiger partial charge in [0, 0.05) is 27.6 Å². The number of hydrogen-bond acceptors (Lipinski definition) is 5. The molecule has 144 valence electrons. The maximum atomic E-state index is 12.8. The van der Waals surface area contributed by atoms with E-state index < -0.39 is 16.9 Å². The Morgan fingerprint density at radius 3 is 2.64 bits per heavy atom. The average molecular weight is 401 g/mol. The highest BCUT2D eigenvalue weighted by atomic mass is 35.5. The van der Waals surface area contributed by atoms with E-state index in [-0.39, 0.29) is 11.4 Å². The molecule has 8 heteroatoms. The number of carbonyl (C=O) groups is 1. The van der Waals surface area contributed by atoms with Crippen molar-refractivity contribution < 1.29 is 19.4 Å². The first-order chi connectivity index (χ1) is 13.3. The van der Waals surface area contributed by atoms with Crippen LogP contribution in [0.5, 0.6) is 5.75 Å². The van der Waals surface area contributed by atoms with E-state index in [9.17, 15) is 20.0 Å². The van der Waals surface area contributed by atoms with E-state index >= 15 is 0 Å². The van der Waals surface area contributed by atoms with Crippen molar-refractivity contribution in [3.63, 3.8) is 0 Å². The van der Waals surface area contributed by atoms with Gasteiger partial charge in [-0.2, -0.15) is 5.26 Å². The van der Waals surface area contributed by atoms with E-state index in [2.05, 4.69) is 6.07 Å². The first-order valence-corrected chi connectivity index (χ1v) is 8.71. The molecule has 0 saturated carbocycles. The van der Waals surface area contributed by atoms with Crippen LogP contribution in [0.3, 0.4) is 0 Å². The van der Waals surface area contributed by atoms with Gasteiger partial charge in [0.15, 0.2) is 0 Å². The van der Waals surface area contributed by atoms with Crippen LogP contribution < -0.4 is 10.3 Å². The van der Waals surface area contributed by atoms with Gasteiger partial charge in [0.2, 0.25) is 0 Å². The lowest BCUT2D eigenvalue weighted by molar-refractivity contribution is -0.131. The molecule has 1 aliphatic rings. The number of halogens is 1. The maximum absolute atomic E-state index is 12.8. The van der Waals surface area contributed by atoms with Crippen LogP contribution >= 0.6 is 11.6 Å². The van der Waals surface area contributed by atoms with Gasteiger partial charge in [0.05, 0.1) is 38.2 Å². The summed E-state index contributed by atoms with van der Waals surface area (Å²) in [4.78, 5) is 24.6. The van der Waals surface area contributed by atoms with E-state index in [1.807, 2.05) is 6.92 Å². The molecule has 1 N–H and O–H groups in total. The Morgan fingerprint density at radius 1 is 1.39 bits per heavy atom. The summed E-state index contributed by atoms with van der Waals surface area (Å²) in [5.74, 6) is -1.01. The average Bonchev–Trinajstić information content (AvgIpc) is 2.64. The molecule has 2 heterocycles. The van der Waals surface area contributed by atoms with Crippen molar-refractivity contribution in [2.75, 3.05) is 20.3 Å². The fraction of sp³-hybridized carbons (Fsp3) is 0.250. The van der Waals surface area contributed by atoms with E-state index in [1.54, 1.807) is 18.2 Å². The quantitative estimate of drug-likeness (QED) is 0.774. The van der Waals surface area contributed by atoms with E-state index in [0.29, 0.717) is 34.9 Å². The Morgan fingerprint density at radius 2 is 2.11 bits per heavy atom. The summed E-state index contributed by atoms with van der Waals surface area (Å²) >= 11 is 6.05. The van der Waals surface area contributed by atoms with Gasteiger partial charge in [-0.1, -0.05) is 18.5 Å². The predicted octanol–water partition coefficient (Wildman–Crippen LogP) is 3.01. The number of aromatic nitrogens is 1. The number of carboxylic acids is 1. The van der Waals surface area contributed by atoms with Gasteiger partial charge in [-0.25, -0.2) is 4.79 Å². The van der Waals surface area contributed by atoms with E-state index in [0.717, 1.165) is 4.57 Å². The summed E-state index contributed by atoms with van der Waals surface area (Å²) in [6.45, 7) is 2.60. The van der Waals surface area contributed by atoms with Gasteiger partial charge in [-0.15, -0.1) is 0 Å². The van der Waals surface area contributed by atoms with Crippen molar-refractivity contribution in [1.82, 2.24) is 4.57 Å². The van der Waals surface area contributed by atoms with Crippen molar-refractivity contribution in [1.29, 1.82) is 5.26 Å². The van der Waals surface area contributed by atoms with E-state index in [1.165, 1.54) is 25.4 Å². The second kappa shape index (κ2) is 7.50. The predicted molar refractivity (Wildman–Crippen MR) is 103 cm³/mol. The third-order valence-electron chi connectivity index (χ3n) is 4.46. The van der Waals surface area contributed by atoms with Crippen LogP contribution in [0.2, 0.25) is 5.02 Å². The van der Waals surface area contributed by atoms with Crippen molar-refractivity contribution in [2.24, 2.45) is 5.41 Å². The molecule has 28 heavy (non-hydrogen) atoms. The first kappa shape index (κ1) is 19.7. The lowest BCUT2D eigenvalue weighted by atomic mass is 9.87. The van der Waals surface area contributed by atoms with Crippen molar-refractivity contribution in [3.8, 4) is 22.9 Å². The molecule has 3 rings (SSSR count). The summed E-state index contributed by atoms with van der Waals surface area (Å²) < 4.78 is 11.5. The van der Waals surface area contributed by atoms with Gasteiger partial charge in [0.25, 0.3) is 5.56 Å². The molecular weight excluding hydrogens is 384 g/mol. The number of ether oxygens (including phenoxy) is 2. The third kappa shape index (κ3) is 3.65. The molecule has 1 aromatic heterocycles. The SMILES string of the molecule is COc1cn(C(=CC2(C)COC2)C(=O)O)c(=O)cc1-c1cc(Cl)ccc1C#N. The van der Waals surface area contributed by atoms with Gasteiger partial charge >= 0.3 is 5.97 Å². The molecule has 0 atom stereocenters. The molecule has 1 aliphatic heterocycles. The molecule has 2 aromatic rings. The first-order valence-electron chi connectivity index (χ1n) is 8.33. The summed E-state index contributed by atoms with van der Waals surface area (Å²) in [6.07, 6.45) is 2.82. The highest BCUT2D eigenvalue weighted by Gasteiger charge is 2.33. The molecule has 7 nitrogen and oxygen atoms in total. The normalized spacial score (nSPS) is 15.4. The van der Waals surface area contributed by atoms with Crippen molar-refractivity contribution >= 4 is 23.3 Å². The van der Waals surface area contributed by atoms with E-state index in [4.69, 9.17) is 21.1 Å². The minimum Gasteiger partial charge on any atom is -0.495 e. The van der Waals surface area contributed by atoms with Gasteiger partial charge in [-0.05, 0) is 24.3 Å². The molecule has 1 saturated heterocycles. The number of nitrogens with zero attached hydrogens (tertiary/aromatic N) is 2. The monoisotopic (exact) mass is 400 g/mol. The minimum absolute atomic E-state index is 0.188. The van der Waals surface area contributed by atoms with Crippen LogP contribution in [0.15, 0.2) is 41.3 Å². The number of rotatable bonds is 5. The Hall–Kier alpha value is -3.08. The van der Waals surface area contributed by atoms with Crippen LogP contribution in [0.1, 0.15) is 12.5 Å². The smallest absolute Gasteiger partial charge is 0.352 e. The fourth-order valence-electron chi connectivity index (χ4n) is 2.98. The lowest BCUT2D eigenvalue weighted by Crippen LogP contribution is -2.39. The molecule has 0 bridgehead atoms. The summed E-state index contributed by atoms with van der Waals surface area (Å²) in [5.41, 5.74) is -0.126. The topological polar surface area (TPSA) is 102 Å². The molecule has 0 spiro atoms. The van der Waals surface area contributed by atoms with Crippen molar-refractivity contribution in [3.05, 3.63) is 57.5 Å². The Kier molecular flexibility index (Phi) is 5.27. The molecular formula is C20H17ClN2O5. The Labute approximate surface area is 166 Å². The number of hydrogen-bond donors (Lipinski definition) is 1. The van der Waals surface area contributed by atoms with Crippen LogP contribution in [-0.4, -0.2) is 36.0 Å². The zero-order chi connectivity index (χ0) is 20.5. The second-order valence-electron chi connectivity index (χ2n) is 6.75. The summed E-state index contributed by atoms with van der Waals surface area (Å²) in [5, 5.41) is 19.4. The number of benzene rings is 1. The zero-order valence-electron chi connectivity index (χ0n) is 15.2. The lowest BCUT2D eigenvalue weighted by Gasteiger charge is -2.35. The maximum Gasteiger partial charge on any atom is 0.352 e. The zero-order valence-corrected chi connectivity index (χ0v) is 16.0. The van der Waals surface area contributed by atoms with Gasteiger partial charge < -0.3 is 14.6 Å². The van der Waals surface area contributed by atoms with Crippen LogP contribution in [0.4, 0.5) is 0 Å². The standard InChI is InChI=1S/C20H17ClN2O5/c1-20(10-28-11-20)7-16(19(25)26)23-9-17(27-2)15(6-18(23)24)14-5-13(21)4-3-12(14)8-22/h3-7,9H,10-11H2,1-2H3,(H,25,26). The van der Waals surface area contributed by atoms with Gasteiger partial charge in [-0.3, -0.25) is 9.36 Å². The number of methoxy groups -OCH3 is 1. The molecule has 0 radical (unpaired) electrons. The number of nitriles is 1. The van der Waals surface area contributed by atoms with Gasteiger partial charge in [0.1, 0.15) is 11.4 Å². The summed E-state index contributed by atoms with van der Waals surface area (Å²) in [7, 11) is 1.40. The Bertz CT molecular complexity index is 1080. The molecule has 0 unspecified atom stereocenters. The molecule has 0 aliphatic carbocycles. The largest absolute Gasteiger partial charge is 0.495 e. The molecule has 1 aromatic carbocycles.